The molecule has 2 rings (SSSR count). The summed E-state index contributed by atoms with van der Waals surface area (Å²) in [6.07, 6.45) is 0. The second-order valence-electron chi connectivity index (χ2n) is 4.35. The van der Waals surface area contributed by atoms with Gasteiger partial charge in [0.2, 0.25) is 0 Å². The van der Waals surface area contributed by atoms with Crippen molar-refractivity contribution in [3.8, 4) is 0 Å². The Kier molecular flexibility index (Phi) is 4.31. The molecule has 0 fully saturated rings. The molecule has 2 nitrogen and oxygen atoms in total. The van der Waals surface area contributed by atoms with Crippen LogP contribution in [-0.4, -0.2) is 18.5 Å². The smallest absolute Gasteiger partial charge is 0.0424 e. The predicted octanol–water partition coefficient (Wildman–Crippen LogP) is 2.88. The number of nitrogens with zero attached hydrogens (tertiary/aromatic N) is 1. The van der Waals surface area contributed by atoms with E-state index in [1.54, 1.807) is 11.3 Å². The van der Waals surface area contributed by atoms with Gasteiger partial charge in [-0.3, -0.25) is 0 Å². The molecule has 0 aliphatic heterocycles. The minimum Gasteiger partial charge on any atom is -0.323 e. The first kappa shape index (κ1) is 12.3. The van der Waals surface area contributed by atoms with Gasteiger partial charge in [0.05, 0.1) is 0 Å². The Morgan fingerprint density at radius 1 is 1.24 bits per heavy atom. The molecule has 1 heterocycles. The van der Waals surface area contributed by atoms with Crippen molar-refractivity contribution < 1.29 is 0 Å². The number of hydrogen-bond donors (Lipinski definition) is 1. The SMILES string of the molecule is CN(Cc1ccsc1)CC(N)c1ccccc1. The molecule has 1 atom stereocenters. The third kappa shape index (κ3) is 3.66. The molecular weight excluding hydrogens is 228 g/mol. The van der Waals surface area contributed by atoms with E-state index in [0.29, 0.717) is 0 Å². The van der Waals surface area contributed by atoms with E-state index in [1.807, 2.05) is 18.2 Å². The van der Waals surface area contributed by atoms with Crippen LogP contribution in [0.25, 0.3) is 0 Å². The van der Waals surface area contributed by atoms with E-state index in [2.05, 4.69) is 40.9 Å². The summed E-state index contributed by atoms with van der Waals surface area (Å²) in [4.78, 5) is 2.26. The Labute approximate surface area is 107 Å². The maximum Gasteiger partial charge on any atom is 0.0424 e. The molecule has 0 aliphatic rings. The molecular formula is C14H18N2S. The molecule has 1 aromatic heterocycles. The molecule has 0 radical (unpaired) electrons. The van der Waals surface area contributed by atoms with Crippen molar-refractivity contribution >= 4 is 11.3 Å². The Balaban J connectivity index is 1.88. The van der Waals surface area contributed by atoms with Crippen molar-refractivity contribution in [1.82, 2.24) is 4.90 Å². The zero-order valence-electron chi connectivity index (χ0n) is 10.0. The summed E-state index contributed by atoms with van der Waals surface area (Å²) in [5, 5.41) is 4.30. The van der Waals surface area contributed by atoms with E-state index in [-0.39, 0.29) is 6.04 Å². The topological polar surface area (TPSA) is 29.3 Å². The van der Waals surface area contributed by atoms with E-state index in [4.69, 9.17) is 5.73 Å². The first-order valence-electron chi connectivity index (χ1n) is 5.76. The molecule has 0 amide bonds. The van der Waals surface area contributed by atoms with E-state index in [1.165, 1.54) is 11.1 Å². The number of hydrogen-bond acceptors (Lipinski definition) is 3. The van der Waals surface area contributed by atoms with Crippen molar-refractivity contribution in [2.45, 2.75) is 12.6 Å². The van der Waals surface area contributed by atoms with Crippen LogP contribution >= 0.6 is 11.3 Å². The fourth-order valence-electron chi connectivity index (χ4n) is 1.90. The lowest BCUT2D eigenvalue weighted by atomic mass is 10.1. The maximum absolute atomic E-state index is 6.19. The molecule has 0 saturated heterocycles. The summed E-state index contributed by atoms with van der Waals surface area (Å²) in [6, 6.07) is 12.5. The summed E-state index contributed by atoms with van der Waals surface area (Å²) in [5.74, 6) is 0. The monoisotopic (exact) mass is 246 g/mol. The van der Waals surface area contributed by atoms with Gasteiger partial charge in [-0.1, -0.05) is 30.3 Å². The van der Waals surface area contributed by atoms with Crippen LogP contribution in [0.1, 0.15) is 17.2 Å². The first-order chi connectivity index (χ1) is 8.25. The van der Waals surface area contributed by atoms with Gasteiger partial charge in [0.25, 0.3) is 0 Å². The summed E-state index contributed by atoms with van der Waals surface area (Å²) < 4.78 is 0. The minimum absolute atomic E-state index is 0.0832. The molecule has 0 saturated carbocycles. The quantitative estimate of drug-likeness (QED) is 0.879. The zero-order valence-corrected chi connectivity index (χ0v) is 10.9. The predicted molar refractivity (Wildman–Crippen MR) is 74.0 cm³/mol. The van der Waals surface area contributed by atoms with Gasteiger partial charge in [0.1, 0.15) is 0 Å². The van der Waals surface area contributed by atoms with Crippen LogP contribution in [-0.2, 0) is 6.54 Å². The molecule has 0 spiro atoms. The minimum atomic E-state index is 0.0832. The van der Waals surface area contributed by atoms with Crippen molar-refractivity contribution in [1.29, 1.82) is 0 Å². The zero-order chi connectivity index (χ0) is 12.1. The van der Waals surface area contributed by atoms with E-state index in [0.717, 1.165) is 13.1 Å². The van der Waals surface area contributed by atoms with E-state index < -0.39 is 0 Å². The highest BCUT2D eigenvalue weighted by atomic mass is 32.1. The Bertz CT molecular complexity index is 425. The average molecular weight is 246 g/mol. The van der Waals surface area contributed by atoms with Gasteiger partial charge >= 0.3 is 0 Å². The molecule has 1 aromatic carbocycles. The number of benzene rings is 1. The van der Waals surface area contributed by atoms with Gasteiger partial charge in [-0.15, -0.1) is 0 Å². The second kappa shape index (κ2) is 5.96. The molecule has 3 heteroatoms. The van der Waals surface area contributed by atoms with Crippen molar-refractivity contribution in [2.24, 2.45) is 5.73 Å². The molecule has 2 N–H and O–H groups in total. The standard InChI is InChI=1S/C14H18N2S/c1-16(9-12-7-8-17-11-12)10-14(15)13-5-3-2-4-6-13/h2-8,11,14H,9-10,15H2,1H3. The van der Waals surface area contributed by atoms with Crippen LogP contribution in [0, 0.1) is 0 Å². The van der Waals surface area contributed by atoms with Crippen LogP contribution in [0.15, 0.2) is 47.2 Å². The number of likely N-dealkylation sites (N-methyl/N-ethyl adjacent to an activating group) is 1. The highest BCUT2D eigenvalue weighted by Gasteiger charge is 2.09. The van der Waals surface area contributed by atoms with Gasteiger partial charge in [-0.05, 0) is 35.0 Å². The normalized spacial score (nSPS) is 12.9. The molecule has 90 valence electrons. The first-order valence-corrected chi connectivity index (χ1v) is 6.70. The lowest BCUT2D eigenvalue weighted by Crippen LogP contribution is -2.28. The summed E-state index contributed by atoms with van der Waals surface area (Å²) in [7, 11) is 2.11. The molecule has 2 aromatic rings. The molecule has 0 bridgehead atoms. The molecule has 0 aliphatic carbocycles. The third-order valence-corrected chi connectivity index (χ3v) is 3.50. The van der Waals surface area contributed by atoms with Gasteiger partial charge in [-0.2, -0.15) is 11.3 Å². The van der Waals surface area contributed by atoms with Crippen molar-refractivity contribution in [3.05, 3.63) is 58.3 Å². The van der Waals surface area contributed by atoms with Crippen molar-refractivity contribution in [2.75, 3.05) is 13.6 Å². The highest BCUT2D eigenvalue weighted by molar-refractivity contribution is 7.07. The van der Waals surface area contributed by atoms with Crippen LogP contribution in [0.3, 0.4) is 0 Å². The summed E-state index contributed by atoms with van der Waals surface area (Å²) >= 11 is 1.74. The summed E-state index contributed by atoms with van der Waals surface area (Å²) in [5.41, 5.74) is 8.74. The van der Waals surface area contributed by atoms with Crippen molar-refractivity contribution in [3.63, 3.8) is 0 Å². The van der Waals surface area contributed by atoms with Gasteiger partial charge < -0.3 is 10.6 Å². The van der Waals surface area contributed by atoms with Gasteiger partial charge in [0.15, 0.2) is 0 Å². The Morgan fingerprint density at radius 2 is 2.00 bits per heavy atom. The Morgan fingerprint density at radius 3 is 2.65 bits per heavy atom. The second-order valence-corrected chi connectivity index (χ2v) is 5.13. The van der Waals surface area contributed by atoms with Gasteiger partial charge in [0, 0.05) is 19.1 Å². The number of thiophene rings is 1. The van der Waals surface area contributed by atoms with E-state index in [9.17, 15) is 0 Å². The van der Waals surface area contributed by atoms with Gasteiger partial charge in [-0.25, -0.2) is 0 Å². The van der Waals surface area contributed by atoms with Crippen LogP contribution in [0.5, 0.6) is 0 Å². The van der Waals surface area contributed by atoms with Crippen LogP contribution < -0.4 is 5.73 Å². The highest BCUT2D eigenvalue weighted by Crippen LogP contribution is 2.13. The lowest BCUT2D eigenvalue weighted by molar-refractivity contribution is 0.305. The molecule has 1 unspecified atom stereocenters. The number of rotatable bonds is 5. The average Bonchev–Trinajstić information content (AvgIpc) is 2.82. The Hall–Kier alpha value is -1.16. The maximum atomic E-state index is 6.19. The molecule has 17 heavy (non-hydrogen) atoms. The third-order valence-electron chi connectivity index (χ3n) is 2.77. The summed E-state index contributed by atoms with van der Waals surface area (Å²) in [6.45, 7) is 1.84. The van der Waals surface area contributed by atoms with Crippen LogP contribution in [0.4, 0.5) is 0 Å². The fourth-order valence-corrected chi connectivity index (χ4v) is 2.56. The van der Waals surface area contributed by atoms with E-state index >= 15 is 0 Å². The fraction of sp³-hybridized carbons (Fsp3) is 0.286. The number of nitrogens with two attached hydrogens (primary N) is 1. The van der Waals surface area contributed by atoms with Crippen LogP contribution in [0.2, 0.25) is 0 Å². The lowest BCUT2D eigenvalue weighted by Gasteiger charge is -2.21. The largest absolute Gasteiger partial charge is 0.323 e.